The van der Waals surface area contributed by atoms with Crippen LogP contribution in [0.3, 0.4) is 0 Å². The number of hydrogen-bond acceptors (Lipinski definition) is 7. The topological polar surface area (TPSA) is 205 Å². The van der Waals surface area contributed by atoms with Gasteiger partial charge in [0.25, 0.3) is 0 Å². The van der Waals surface area contributed by atoms with Crippen molar-refractivity contribution in [3.8, 4) is 5.75 Å². The summed E-state index contributed by atoms with van der Waals surface area (Å²) in [5.74, 6) is -4.16. The lowest BCUT2D eigenvalue weighted by atomic mass is 10.0. The number of aliphatic carboxylic acids is 1. The third-order valence-corrected chi connectivity index (χ3v) is 5.05. The number of amides is 4. The van der Waals surface area contributed by atoms with E-state index in [1.807, 2.05) is 0 Å². The Morgan fingerprint density at radius 3 is 2.31 bits per heavy atom. The van der Waals surface area contributed by atoms with Gasteiger partial charge in [-0.25, -0.2) is 4.79 Å². The van der Waals surface area contributed by atoms with Gasteiger partial charge in [-0.05, 0) is 30.5 Å². The van der Waals surface area contributed by atoms with Crippen molar-refractivity contribution in [3.63, 3.8) is 0 Å². The monoisotopic (exact) mass is 449 g/mol. The summed E-state index contributed by atoms with van der Waals surface area (Å²) >= 11 is 0. The van der Waals surface area contributed by atoms with Crippen molar-refractivity contribution in [1.29, 1.82) is 0 Å². The van der Waals surface area contributed by atoms with E-state index in [9.17, 15) is 34.2 Å². The molecule has 32 heavy (non-hydrogen) atoms. The van der Waals surface area contributed by atoms with E-state index < -0.39 is 54.1 Å². The van der Waals surface area contributed by atoms with Crippen LogP contribution in [0.4, 0.5) is 0 Å². The van der Waals surface area contributed by atoms with Crippen molar-refractivity contribution >= 4 is 29.6 Å². The second-order valence-corrected chi connectivity index (χ2v) is 7.45. The minimum absolute atomic E-state index is 0.0107. The number of aromatic hydroxyl groups is 1. The number of rotatable bonds is 10. The van der Waals surface area contributed by atoms with Gasteiger partial charge >= 0.3 is 5.97 Å². The number of carboxylic acids is 1. The minimum Gasteiger partial charge on any atom is -0.508 e. The molecule has 1 saturated heterocycles. The fourth-order valence-electron chi connectivity index (χ4n) is 3.49. The minimum atomic E-state index is -1.39. The molecular weight excluding hydrogens is 422 g/mol. The average molecular weight is 449 g/mol. The van der Waals surface area contributed by atoms with Crippen LogP contribution in [-0.4, -0.2) is 75.9 Å². The number of carboxylic acid groups (broad SMARTS) is 1. The highest BCUT2D eigenvalue weighted by Gasteiger charge is 2.38. The van der Waals surface area contributed by atoms with Gasteiger partial charge in [0.1, 0.15) is 23.9 Å². The van der Waals surface area contributed by atoms with Crippen molar-refractivity contribution in [2.24, 2.45) is 11.5 Å². The van der Waals surface area contributed by atoms with Gasteiger partial charge in [-0.15, -0.1) is 0 Å². The van der Waals surface area contributed by atoms with Crippen LogP contribution in [0.2, 0.25) is 0 Å². The van der Waals surface area contributed by atoms with E-state index in [4.69, 9.17) is 11.5 Å². The fraction of sp³-hybridized carbons (Fsp3) is 0.450. The molecule has 0 unspecified atom stereocenters. The Morgan fingerprint density at radius 1 is 1.09 bits per heavy atom. The van der Waals surface area contributed by atoms with E-state index in [-0.39, 0.29) is 31.7 Å². The molecule has 1 fully saturated rings. The number of carbonyl (C=O) groups excluding carboxylic acids is 4. The molecule has 0 aromatic heterocycles. The summed E-state index contributed by atoms with van der Waals surface area (Å²) in [6, 6.07) is 2.33. The van der Waals surface area contributed by atoms with Crippen molar-refractivity contribution in [2.75, 3.05) is 13.1 Å². The summed E-state index contributed by atoms with van der Waals surface area (Å²) in [6.07, 6.45) is 0.200. The summed E-state index contributed by atoms with van der Waals surface area (Å²) in [7, 11) is 0. The maximum Gasteiger partial charge on any atom is 0.326 e. The summed E-state index contributed by atoms with van der Waals surface area (Å²) in [5.41, 5.74) is 11.2. The Kier molecular flexibility index (Phi) is 8.53. The molecule has 12 nitrogen and oxygen atoms in total. The van der Waals surface area contributed by atoms with Crippen molar-refractivity contribution in [2.45, 2.75) is 43.8 Å². The van der Waals surface area contributed by atoms with Gasteiger partial charge in [-0.3, -0.25) is 19.2 Å². The third kappa shape index (κ3) is 6.67. The summed E-state index contributed by atoms with van der Waals surface area (Å²) in [6.45, 7) is -0.209. The highest BCUT2D eigenvalue weighted by molar-refractivity contribution is 5.96. The zero-order chi connectivity index (χ0) is 23.8. The van der Waals surface area contributed by atoms with Crippen LogP contribution >= 0.6 is 0 Å². The van der Waals surface area contributed by atoms with Gasteiger partial charge in [0, 0.05) is 13.0 Å². The van der Waals surface area contributed by atoms with Crippen molar-refractivity contribution < 1.29 is 34.2 Å². The zero-order valence-electron chi connectivity index (χ0n) is 17.3. The first kappa shape index (κ1) is 24.6. The van der Waals surface area contributed by atoms with Crippen molar-refractivity contribution in [1.82, 2.24) is 15.5 Å². The SMILES string of the molecule is NCC(=O)N[C@@H](Cc1ccc(O)cc1)C(=O)N[C@@H](CC(N)=O)C(=O)N1CCC[C@H]1C(=O)O. The summed E-state index contributed by atoms with van der Waals surface area (Å²) < 4.78 is 0. The lowest BCUT2D eigenvalue weighted by Gasteiger charge is -2.28. The highest BCUT2D eigenvalue weighted by Crippen LogP contribution is 2.19. The van der Waals surface area contributed by atoms with Crippen LogP contribution < -0.4 is 22.1 Å². The predicted molar refractivity (Wildman–Crippen MR) is 111 cm³/mol. The Balaban J connectivity index is 2.21. The number of benzene rings is 1. The highest BCUT2D eigenvalue weighted by atomic mass is 16.4. The lowest BCUT2D eigenvalue weighted by Crippen LogP contribution is -2.57. The molecule has 0 spiro atoms. The standard InChI is InChI=1S/C20H27N5O7/c21-10-17(28)23-13(8-11-3-5-12(26)6-4-11)18(29)24-14(9-16(22)27)19(30)25-7-1-2-15(25)20(31)32/h3-6,13-15,26H,1-2,7-10,21H2,(H2,22,27)(H,23,28)(H,24,29)(H,31,32)/t13-,14-,15-/m0/s1. The average Bonchev–Trinajstić information content (AvgIpc) is 3.23. The normalized spacial score (nSPS) is 17.3. The van der Waals surface area contributed by atoms with Crippen LogP contribution in [0.1, 0.15) is 24.8 Å². The number of nitrogens with one attached hydrogen (secondary N) is 2. The molecule has 4 amide bonds. The molecule has 1 aliphatic rings. The molecule has 0 aliphatic carbocycles. The molecule has 0 bridgehead atoms. The molecule has 2 rings (SSSR count). The second-order valence-electron chi connectivity index (χ2n) is 7.45. The first-order chi connectivity index (χ1) is 15.1. The Bertz CT molecular complexity index is 874. The van der Waals surface area contributed by atoms with Crippen LogP contribution in [0, 0.1) is 0 Å². The number of likely N-dealkylation sites (tertiary alicyclic amines) is 1. The molecule has 3 atom stereocenters. The largest absolute Gasteiger partial charge is 0.508 e. The van der Waals surface area contributed by atoms with E-state index in [0.29, 0.717) is 12.0 Å². The molecular formula is C20H27N5O7. The summed E-state index contributed by atoms with van der Waals surface area (Å²) in [4.78, 5) is 61.7. The van der Waals surface area contributed by atoms with Gasteiger partial charge in [-0.2, -0.15) is 0 Å². The van der Waals surface area contributed by atoms with Gasteiger partial charge in [0.15, 0.2) is 0 Å². The number of nitrogens with two attached hydrogens (primary N) is 2. The number of carbonyl (C=O) groups is 5. The molecule has 0 saturated carbocycles. The fourth-order valence-corrected chi connectivity index (χ4v) is 3.49. The van der Waals surface area contributed by atoms with E-state index in [2.05, 4.69) is 10.6 Å². The van der Waals surface area contributed by atoms with Crippen LogP contribution in [0.15, 0.2) is 24.3 Å². The van der Waals surface area contributed by atoms with E-state index in [1.54, 1.807) is 12.1 Å². The molecule has 12 heteroatoms. The number of phenols is 1. The third-order valence-electron chi connectivity index (χ3n) is 5.05. The molecule has 1 aromatic rings. The second kappa shape index (κ2) is 11.1. The Labute approximate surface area is 183 Å². The Hall–Kier alpha value is -3.67. The van der Waals surface area contributed by atoms with Crippen LogP contribution in [0.5, 0.6) is 5.75 Å². The first-order valence-corrected chi connectivity index (χ1v) is 10.0. The quantitative estimate of drug-likeness (QED) is 0.231. The summed E-state index contributed by atoms with van der Waals surface area (Å²) in [5, 5.41) is 23.6. The molecule has 1 heterocycles. The van der Waals surface area contributed by atoms with Gasteiger partial charge in [-0.1, -0.05) is 12.1 Å². The first-order valence-electron chi connectivity index (χ1n) is 10.0. The van der Waals surface area contributed by atoms with E-state index >= 15 is 0 Å². The number of hydrogen-bond donors (Lipinski definition) is 6. The molecule has 1 aliphatic heterocycles. The van der Waals surface area contributed by atoms with E-state index in [0.717, 1.165) is 4.90 Å². The number of nitrogens with zero attached hydrogens (tertiary/aromatic N) is 1. The number of primary amides is 1. The van der Waals surface area contributed by atoms with Crippen molar-refractivity contribution in [3.05, 3.63) is 29.8 Å². The lowest BCUT2D eigenvalue weighted by molar-refractivity contribution is -0.149. The molecule has 174 valence electrons. The van der Waals surface area contributed by atoms with Crippen LogP contribution in [0.25, 0.3) is 0 Å². The Morgan fingerprint density at radius 2 is 1.75 bits per heavy atom. The zero-order valence-corrected chi connectivity index (χ0v) is 17.3. The van der Waals surface area contributed by atoms with Crippen LogP contribution in [-0.2, 0) is 30.4 Å². The number of phenolic OH excluding ortho intramolecular Hbond substituents is 1. The van der Waals surface area contributed by atoms with Gasteiger partial charge in [0.2, 0.25) is 23.6 Å². The van der Waals surface area contributed by atoms with Gasteiger partial charge < -0.3 is 37.2 Å². The van der Waals surface area contributed by atoms with E-state index in [1.165, 1.54) is 12.1 Å². The molecule has 8 N–H and O–H groups in total. The predicted octanol–water partition coefficient (Wildman–Crippen LogP) is -2.19. The molecule has 1 aromatic carbocycles. The smallest absolute Gasteiger partial charge is 0.326 e. The maximum atomic E-state index is 12.9. The molecule has 0 radical (unpaired) electrons. The van der Waals surface area contributed by atoms with Gasteiger partial charge in [0.05, 0.1) is 13.0 Å². The maximum absolute atomic E-state index is 12.9.